The van der Waals surface area contributed by atoms with E-state index in [2.05, 4.69) is 11.8 Å². The van der Waals surface area contributed by atoms with E-state index in [-0.39, 0.29) is 0 Å². The number of unbranched alkanes of at least 4 members (excludes halogenated alkanes) is 3. The van der Waals surface area contributed by atoms with Crippen molar-refractivity contribution in [3.05, 3.63) is 0 Å². The quantitative estimate of drug-likeness (QED) is 0.540. The standard InChI is InChI=1S/C11H21NO4/c1-3-5-7-8-10(13)16-12-11(14)15-9-6-4-2/h3-9H2,1-2H3,(H,12,14). The number of nitrogens with one attached hydrogen (secondary N) is 1. The molecular formula is C11H21NO4. The monoisotopic (exact) mass is 231 g/mol. The van der Waals surface area contributed by atoms with Crippen molar-refractivity contribution in [2.75, 3.05) is 6.61 Å². The average molecular weight is 231 g/mol. The van der Waals surface area contributed by atoms with Crippen LogP contribution in [0.2, 0.25) is 0 Å². The van der Waals surface area contributed by atoms with E-state index in [9.17, 15) is 9.59 Å². The Morgan fingerprint density at radius 2 is 1.75 bits per heavy atom. The van der Waals surface area contributed by atoms with Crippen LogP contribution < -0.4 is 5.48 Å². The highest BCUT2D eigenvalue weighted by Crippen LogP contribution is 1.99. The highest BCUT2D eigenvalue weighted by Gasteiger charge is 2.06. The molecule has 0 fully saturated rings. The summed E-state index contributed by atoms with van der Waals surface area (Å²) in [7, 11) is 0. The van der Waals surface area contributed by atoms with E-state index in [1.54, 1.807) is 0 Å². The van der Waals surface area contributed by atoms with Crippen molar-refractivity contribution in [3.63, 3.8) is 0 Å². The molecule has 94 valence electrons. The fourth-order valence-corrected chi connectivity index (χ4v) is 1.01. The Hall–Kier alpha value is -1.26. The largest absolute Gasteiger partial charge is 0.447 e. The van der Waals surface area contributed by atoms with E-state index in [1.165, 1.54) is 0 Å². The van der Waals surface area contributed by atoms with Gasteiger partial charge in [-0.2, -0.15) is 0 Å². The maximum Gasteiger partial charge on any atom is 0.440 e. The normalized spacial score (nSPS) is 9.62. The van der Waals surface area contributed by atoms with Gasteiger partial charge in [0.25, 0.3) is 0 Å². The molecule has 0 aliphatic heterocycles. The third-order valence-corrected chi connectivity index (χ3v) is 1.96. The Kier molecular flexibility index (Phi) is 9.46. The van der Waals surface area contributed by atoms with Gasteiger partial charge in [0.1, 0.15) is 0 Å². The summed E-state index contributed by atoms with van der Waals surface area (Å²) >= 11 is 0. The SMILES string of the molecule is CCCCCC(=O)ONC(=O)OCCCC. The molecule has 0 heterocycles. The molecule has 5 heteroatoms. The smallest absolute Gasteiger partial charge is 0.440 e. The lowest BCUT2D eigenvalue weighted by Gasteiger charge is -2.06. The van der Waals surface area contributed by atoms with Crippen LogP contribution in [0.1, 0.15) is 52.4 Å². The Bertz CT molecular complexity index is 184. The predicted octanol–water partition coefficient (Wildman–Crippen LogP) is 2.55. The number of ether oxygens (including phenoxy) is 1. The van der Waals surface area contributed by atoms with E-state index in [0.29, 0.717) is 13.0 Å². The first-order chi connectivity index (χ1) is 7.70. The van der Waals surface area contributed by atoms with Crippen molar-refractivity contribution in [2.45, 2.75) is 52.4 Å². The first-order valence-electron chi connectivity index (χ1n) is 5.83. The Morgan fingerprint density at radius 3 is 2.38 bits per heavy atom. The first kappa shape index (κ1) is 14.7. The van der Waals surface area contributed by atoms with E-state index >= 15 is 0 Å². The van der Waals surface area contributed by atoms with Gasteiger partial charge in [0.2, 0.25) is 0 Å². The van der Waals surface area contributed by atoms with Crippen LogP contribution in [-0.4, -0.2) is 18.7 Å². The summed E-state index contributed by atoms with van der Waals surface area (Å²) in [5.74, 6) is -0.430. The number of hydrogen-bond donors (Lipinski definition) is 1. The molecule has 16 heavy (non-hydrogen) atoms. The van der Waals surface area contributed by atoms with Crippen molar-refractivity contribution < 1.29 is 19.2 Å². The number of carbonyl (C=O) groups is 2. The van der Waals surface area contributed by atoms with Gasteiger partial charge in [-0.15, -0.1) is 5.48 Å². The number of carbonyl (C=O) groups excluding carboxylic acids is 2. The summed E-state index contributed by atoms with van der Waals surface area (Å²) in [5, 5.41) is 0. The lowest BCUT2D eigenvalue weighted by Crippen LogP contribution is -2.27. The third kappa shape index (κ3) is 9.30. The molecule has 0 aliphatic rings. The van der Waals surface area contributed by atoms with Gasteiger partial charge in [0, 0.05) is 6.42 Å². The van der Waals surface area contributed by atoms with Gasteiger partial charge in [-0.3, -0.25) is 0 Å². The second-order valence-corrected chi connectivity index (χ2v) is 3.52. The Balaban J connectivity index is 3.40. The Labute approximate surface area is 96.4 Å². The van der Waals surface area contributed by atoms with Crippen LogP contribution in [0.25, 0.3) is 0 Å². The highest BCUT2D eigenvalue weighted by molar-refractivity contribution is 5.72. The topological polar surface area (TPSA) is 64.6 Å². The van der Waals surface area contributed by atoms with Crippen LogP contribution >= 0.6 is 0 Å². The highest BCUT2D eigenvalue weighted by atomic mass is 16.7. The maximum absolute atomic E-state index is 11.1. The zero-order valence-electron chi connectivity index (χ0n) is 10.1. The fraction of sp³-hybridized carbons (Fsp3) is 0.818. The molecule has 0 aliphatic carbocycles. The minimum absolute atomic E-state index is 0.322. The van der Waals surface area contributed by atoms with E-state index in [4.69, 9.17) is 4.74 Å². The van der Waals surface area contributed by atoms with Crippen molar-refractivity contribution >= 4 is 12.1 Å². The molecule has 0 aromatic carbocycles. The van der Waals surface area contributed by atoms with Crippen molar-refractivity contribution in [1.29, 1.82) is 0 Å². The molecule has 0 aromatic rings. The molecule has 1 N–H and O–H groups in total. The van der Waals surface area contributed by atoms with Gasteiger partial charge in [-0.05, 0) is 12.8 Å². The molecule has 0 atom stereocenters. The van der Waals surface area contributed by atoms with Crippen molar-refractivity contribution in [3.8, 4) is 0 Å². The fourth-order valence-electron chi connectivity index (χ4n) is 1.01. The predicted molar refractivity (Wildman–Crippen MR) is 59.6 cm³/mol. The zero-order valence-corrected chi connectivity index (χ0v) is 10.1. The van der Waals surface area contributed by atoms with Gasteiger partial charge in [0.15, 0.2) is 0 Å². The number of hydrogen-bond acceptors (Lipinski definition) is 4. The number of hydroxylamine groups is 1. The van der Waals surface area contributed by atoms with Gasteiger partial charge >= 0.3 is 12.1 Å². The van der Waals surface area contributed by atoms with Crippen LogP contribution in [-0.2, 0) is 14.4 Å². The molecular weight excluding hydrogens is 210 g/mol. The van der Waals surface area contributed by atoms with Gasteiger partial charge in [-0.25, -0.2) is 9.59 Å². The van der Waals surface area contributed by atoms with Crippen LogP contribution in [0.4, 0.5) is 4.79 Å². The lowest BCUT2D eigenvalue weighted by atomic mass is 10.2. The van der Waals surface area contributed by atoms with Gasteiger partial charge in [-0.1, -0.05) is 33.1 Å². The van der Waals surface area contributed by atoms with Gasteiger partial charge < -0.3 is 9.57 Å². The number of rotatable bonds is 7. The second kappa shape index (κ2) is 10.3. The van der Waals surface area contributed by atoms with Crippen LogP contribution in [0.15, 0.2) is 0 Å². The molecule has 0 unspecified atom stereocenters. The maximum atomic E-state index is 11.1. The van der Waals surface area contributed by atoms with E-state index < -0.39 is 12.1 Å². The molecule has 0 rings (SSSR count). The minimum atomic E-state index is -0.711. The molecule has 1 amide bonds. The van der Waals surface area contributed by atoms with Gasteiger partial charge in [0.05, 0.1) is 6.61 Å². The van der Waals surface area contributed by atoms with Crippen molar-refractivity contribution in [2.24, 2.45) is 0 Å². The average Bonchev–Trinajstić information content (AvgIpc) is 2.27. The molecule has 0 saturated heterocycles. The summed E-state index contributed by atoms with van der Waals surface area (Å²) in [5.41, 5.74) is 1.96. The molecule has 0 spiro atoms. The minimum Gasteiger partial charge on any atom is -0.447 e. The van der Waals surface area contributed by atoms with Crippen molar-refractivity contribution in [1.82, 2.24) is 5.48 Å². The summed E-state index contributed by atoms with van der Waals surface area (Å²) < 4.78 is 4.73. The second-order valence-electron chi connectivity index (χ2n) is 3.52. The first-order valence-corrected chi connectivity index (χ1v) is 5.83. The molecule has 0 radical (unpaired) electrons. The van der Waals surface area contributed by atoms with E-state index in [0.717, 1.165) is 32.1 Å². The molecule has 5 nitrogen and oxygen atoms in total. The third-order valence-electron chi connectivity index (χ3n) is 1.96. The van der Waals surface area contributed by atoms with Crippen LogP contribution in [0.3, 0.4) is 0 Å². The van der Waals surface area contributed by atoms with Crippen LogP contribution in [0.5, 0.6) is 0 Å². The summed E-state index contributed by atoms with van der Waals surface area (Å²) in [6.07, 6.45) is 4.17. The van der Waals surface area contributed by atoms with Crippen LogP contribution in [0, 0.1) is 0 Å². The summed E-state index contributed by atoms with van der Waals surface area (Å²) in [4.78, 5) is 26.5. The Morgan fingerprint density at radius 1 is 1.06 bits per heavy atom. The lowest BCUT2D eigenvalue weighted by molar-refractivity contribution is -0.149. The number of amides is 1. The van der Waals surface area contributed by atoms with E-state index in [1.807, 2.05) is 12.4 Å². The zero-order chi connectivity index (χ0) is 12.2. The summed E-state index contributed by atoms with van der Waals surface area (Å²) in [6.45, 7) is 4.39. The summed E-state index contributed by atoms with van der Waals surface area (Å²) in [6, 6.07) is 0. The molecule has 0 bridgehead atoms. The molecule has 0 aromatic heterocycles. The molecule has 0 saturated carbocycles.